The quantitative estimate of drug-likeness (QED) is 0.485. The fourth-order valence-electron chi connectivity index (χ4n) is 1.55. The van der Waals surface area contributed by atoms with E-state index in [9.17, 15) is 4.79 Å². The van der Waals surface area contributed by atoms with Crippen LogP contribution in [0, 0.1) is 0 Å². The molecular weight excluding hydrogens is 276 g/mol. The molecule has 0 aromatic heterocycles. The van der Waals surface area contributed by atoms with E-state index in [1.807, 2.05) is 24.3 Å². The molecule has 2 aromatic carbocycles. The second-order valence-corrected chi connectivity index (χ2v) is 4.37. The first kappa shape index (κ1) is 14.2. The van der Waals surface area contributed by atoms with E-state index in [1.54, 1.807) is 37.5 Å². The number of carbonyl (C=O) groups is 1. The van der Waals surface area contributed by atoms with E-state index in [-0.39, 0.29) is 0 Å². The van der Waals surface area contributed by atoms with Crippen molar-refractivity contribution in [2.75, 3.05) is 7.11 Å². The molecule has 0 heterocycles. The lowest BCUT2D eigenvalue weighted by atomic mass is 10.2. The Kier molecular flexibility index (Phi) is 4.80. The first-order chi connectivity index (χ1) is 9.69. The van der Waals surface area contributed by atoms with Gasteiger partial charge in [0.15, 0.2) is 0 Å². The van der Waals surface area contributed by atoms with Gasteiger partial charge in [-0.15, -0.1) is 0 Å². The first-order valence-corrected chi connectivity index (χ1v) is 6.35. The Labute approximate surface area is 122 Å². The summed E-state index contributed by atoms with van der Waals surface area (Å²) < 4.78 is 10.2. The van der Waals surface area contributed by atoms with Crippen molar-refractivity contribution in [3.63, 3.8) is 0 Å². The van der Waals surface area contributed by atoms with Crippen molar-refractivity contribution in [1.29, 1.82) is 0 Å². The van der Waals surface area contributed by atoms with E-state index in [1.165, 1.54) is 6.08 Å². The maximum Gasteiger partial charge on any atom is 0.336 e. The molecule has 4 heteroatoms. The molecule has 20 heavy (non-hydrogen) atoms. The van der Waals surface area contributed by atoms with Crippen molar-refractivity contribution in [1.82, 2.24) is 0 Å². The predicted molar refractivity (Wildman–Crippen MR) is 79.1 cm³/mol. The molecule has 0 fully saturated rings. The molecule has 0 atom stereocenters. The number of rotatable bonds is 4. The zero-order chi connectivity index (χ0) is 14.4. The minimum atomic E-state index is -0.478. The largest absolute Gasteiger partial charge is 0.497 e. The van der Waals surface area contributed by atoms with Crippen LogP contribution in [-0.4, -0.2) is 13.1 Å². The van der Waals surface area contributed by atoms with E-state index < -0.39 is 5.97 Å². The second-order valence-electron chi connectivity index (χ2n) is 3.96. The number of para-hydroxylation sites is 1. The van der Waals surface area contributed by atoms with E-state index in [0.29, 0.717) is 10.8 Å². The number of hydrogen-bond acceptors (Lipinski definition) is 3. The summed E-state index contributed by atoms with van der Waals surface area (Å²) >= 11 is 5.90. The monoisotopic (exact) mass is 288 g/mol. The van der Waals surface area contributed by atoms with Crippen LogP contribution in [0.1, 0.15) is 5.56 Å². The van der Waals surface area contributed by atoms with Crippen LogP contribution in [0.5, 0.6) is 11.5 Å². The normalized spacial score (nSPS) is 10.5. The molecule has 0 amide bonds. The molecule has 0 N–H and O–H groups in total. The lowest BCUT2D eigenvalue weighted by Gasteiger charge is -2.03. The molecule has 0 aliphatic rings. The van der Waals surface area contributed by atoms with Gasteiger partial charge in [0.25, 0.3) is 0 Å². The maximum atomic E-state index is 11.7. The van der Waals surface area contributed by atoms with Gasteiger partial charge in [-0.3, -0.25) is 0 Å². The topological polar surface area (TPSA) is 35.5 Å². The number of ether oxygens (including phenoxy) is 2. The molecule has 0 aliphatic heterocycles. The van der Waals surface area contributed by atoms with Gasteiger partial charge in [0, 0.05) is 6.08 Å². The number of hydrogen-bond donors (Lipinski definition) is 0. The molecule has 3 nitrogen and oxygen atoms in total. The number of carbonyl (C=O) groups excluding carboxylic acids is 1. The highest BCUT2D eigenvalue weighted by molar-refractivity contribution is 6.32. The zero-order valence-corrected chi connectivity index (χ0v) is 11.6. The average Bonchev–Trinajstić information content (AvgIpc) is 2.48. The van der Waals surface area contributed by atoms with E-state index >= 15 is 0 Å². The van der Waals surface area contributed by atoms with Gasteiger partial charge in [-0.2, -0.15) is 0 Å². The lowest BCUT2D eigenvalue weighted by molar-refractivity contribution is -0.128. The summed E-state index contributed by atoms with van der Waals surface area (Å²) in [6.07, 6.45) is 3.02. The third-order valence-corrected chi connectivity index (χ3v) is 2.89. The Balaban J connectivity index is 2.00. The minimum absolute atomic E-state index is 0.346. The van der Waals surface area contributed by atoms with Crippen molar-refractivity contribution in [3.05, 3.63) is 65.2 Å². The molecule has 102 valence electrons. The first-order valence-electron chi connectivity index (χ1n) is 5.97. The van der Waals surface area contributed by atoms with Crippen molar-refractivity contribution in [2.45, 2.75) is 0 Å². The van der Waals surface area contributed by atoms with Gasteiger partial charge in [-0.05, 0) is 35.9 Å². The summed E-state index contributed by atoms with van der Waals surface area (Å²) in [6, 6.07) is 14.2. The van der Waals surface area contributed by atoms with Gasteiger partial charge in [0.1, 0.15) is 11.5 Å². The highest BCUT2D eigenvalue weighted by atomic mass is 35.5. The van der Waals surface area contributed by atoms with Crippen LogP contribution >= 0.6 is 11.6 Å². The van der Waals surface area contributed by atoms with Crippen LogP contribution in [0.4, 0.5) is 0 Å². The smallest absolute Gasteiger partial charge is 0.336 e. The molecule has 0 bridgehead atoms. The minimum Gasteiger partial charge on any atom is -0.497 e. The van der Waals surface area contributed by atoms with E-state index in [4.69, 9.17) is 21.1 Å². The molecular formula is C16H13ClO3. The number of methoxy groups -OCH3 is 1. The Morgan fingerprint density at radius 1 is 1.10 bits per heavy atom. The van der Waals surface area contributed by atoms with Crippen LogP contribution in [-0.2, 0) is 4.79 Å². The predicted octanol–water partition coefficient (Wildman–Crippen LogP) is 3.97. The van der Waals surface area contributed by atoms with Crippen LogP contribution < -0.4 is 9.47 Å². The summed E-state index contributed by atoms with van der Waals surface area (Å²) in [6.45, 7) is 0. The second kappa shape index (κ2) is 6.78. The molecule has 0 spiro atoms. The maximum absolute atomic E-state index is 11.7. The molecule has 0 saturated carbocycles. The summed E-state index contributed by atoms with van der Waals surface area (Å²) in [5, 5.41) is 0.402. The van der Waals surface area contributed by atoms with Gasteiger partial charge in [0.2, 0.25) is 0 Å². The Bertz CT molecular complexity index is 618. The Morgan fingerprint density at radius 2 is 1.80 bits per heavy atom. The third-order valence-electron chi connectivity index (χ3n) is 2.57. The molecule has 2 aromatic rings. The van der Waals surface area contributed by atoms with Crippen LogP contribution in [0.2, 0.25) is 5.02 Å². The number of halogens is 1. The molecule has 0 saturated heterocycles. The van der Waals surface area contributed by atoms with Gasteiger partial charge < -0.3 is 9.47 Å². The van der Waals surface area contributed by atoms with Crippen molar-refractivity contribution >= 4 is 23.6 Å². The van der Waals surface area contributed by atoms with E-state index in [2.05, 4.69) is 0 Å². The third kappa shape index (κ3) is 3.87. The highest BCUT2D eigenvalue weighted by Crippen LogP contribution is 2.23. The number of benzene rings is 2. The van der Waals surface area contributed by atoms with Gasteiger partial charge in [0.05, 0.1) is 12.1 Å². The van der Waals surface area contributed by atoms with Crippen LogP contribution in [0.3, 0.4) is 0 Å². The van der Waals surface area contributed by atoms with Gasteiger partial charge >= 0.3 is 5.97 Å². The van der Waals surface area contributed by atoms with Crippen LogP contribution in [0.15, 0.2) is 54.6 Å². The summed E-state index contributed by atoms with van der Waals surface area (Å²) in [7, 11) is 1.60. The number of esters is 1. The zero-order valence-electron chi connectivity index (χ0n) is 10.9. The molecule has 0 radical (unpaired) electrons. The molecule has 0 unspecified atom stereocenters. The summed E-state index contributed by atoms with van der Waals surface area (Å²) in [5.41, 5.74) is 0.877. The Hall–Kier alpha value is -2.26. The average molecular weight is 289 g/mol. The summed E-state index contributed by atoms with van der Waals surface area (Å²) in [5.74, 6) is 0.633. The van der Waals surface area contributed by atoms with Gasteiger partial charge in [-0.1, -0.05) is 35.9 Å². The fourth-order valence-corrected chi connectivity index (χ4v) is 1.72. The van der Waals surface area contributed by atoms with Crippen LogP contribution in [0.25, 0.3) is 6.08 Å². The molecule has 0 aliphatic carbocycles. The van der Waals surface area contributed by atoms with E-state index in [0.717, 1.165) is 11.3 Å². The fraction of sp³-hybridized carbons (Fsp3) is 0.0625. The van der Waals surface area contributed by atoms with Gasteiger partial charge in [-0.25, -0.2) is 4.79 Å². The lowest BCUT2D eigenvalue weighted by Crippen LogP contribution is -2.03. The van der Waals surface area contributed by atoms with Crippen molar-refractivity contribution in [2.24, 2.45) is 0 Å². The van der Waals surface area contributed by atoms with Crippen molar-refractivity contribution < 1.29 is 14.3 Å². The van der Waals surface area contributed by atoms with Crippen molar-refractivity contribution in [3.8, 4) is 11.5 Å². The highest BCUT2D eigenvalue weighted by Gasteiger charge is 2.04. The SMILES string of the molecule is COc1ccc(C=CC(=O)Oc2ccccc2Cl)cc1. The molecule has 2 rings (SSSR count). The standard InChI is InChI=1S/C16H13ClO3/c1-19-13-9-6-12(7-10-13)8-11-16(18)20-15-5-3-2-4-14(15)17/h2-11H,1H3. The Morgan fingerprint density at radius 3 is 2.45 bits per heavy atom. The summed E-state index contributed by atoms with van der Waals surface area (Å²) in [4.78, 5) is 11.7.